The predicted molar refractivity (Wildman–Crippen MR) is 148 cm³/mol. The number of nitrogens with zero attached hydrogens (tertiary/aromatic N) is 2. The molecule has 1 aliphatic rings. The molecule has 0 radical (unpaired) electrons. The highest BCUT2D eigenvalue weighted by Crippen LogP contribution is 2.24. The quantitative estimate of drug-likeness (QED) is 0.241. The molecule has 44 heavy (non-hydrogen) atoms. The smallest absolute Gasteiger partial charge is 0.255 e. The number of likely N-dealkylation sites (N-methyl/N-ethyl adjacent to an activating group) is 1. The summed E-state index contributed by atoms with van der Waals surface area (Å²) in [4.78, 5) is 57.5. The van der Waals surface area contributed by atoms with Crippen LogP contribution in [0.5, 0.6) is 5.75 Å². The lowest BCUT2D eigenvalue weighted by molar-refractivity contribution is -0.148. The second kappa shape index (κ2) is 14.0. The minimum Gasteiger partial charge on any atom is -0.507 e. The predicted octanol–water partition coefficient (Wildman–Crippen LogP) is 1.56. The Labute approximate surface area is 251 Å². The Kier molecular flexibility index (Phi) is 10.9. The molecule has 2 aromatic rings. The molecule has 1 aromatic carbocycles. The number of aromatic hydroxyl groups is 1. The number of amides is 4. The van der Waals surface area contributed by atoms with Gasteiger partial charge in [0.2, 0.25) is 29.5 Å². The number of rotatable bonds is 6. The maximum absolute atomic E-state index is 14.6. The van der Waals surface area contributed by atoms with Gasteiger partial charge < -0.3 is 31.1 Å². The van der Waals surface area contributed by atoms with Crippen LogP contribution >= 0.6 is 0 Å². The second-order valence-corrected chi connectivity index (χ2v) is 10.9. The number of aliphatic hydroxyl groups is 1. The summed E-state index contributed by atoms with van der Waals surface area (Å²) in [7, 11) is 1.34. The van der Waals surface area contributed by atoms with E-state index in [0.29, 0.717) is 6.42 Å². The number of phenolic OH excluding ortho intramolecular Hbond substituents is 1. The number of halogens is 4. The molecule has 7 atom stereocenters. The molecule has 11 nitrogen and oxygen atoms in total. The summed E-state index contributed by atoms with van der Waals surface area (Å²) in [5.41, 5.74) is -1.32. The first-order chi connectivity index (χ1) is 20.6. The Morgan fingerprint density at radius 1 is 1.05 bits per heavy atom. The van der Waals surface area contributed by atoms with E-state index in [2.05, 4.69) is 20.9 Å². The first-order valence-corrected chi connectivity index (χ1v) is 13.9. The molecule has 15 heteroatoms. The number of pyridine rings is 1. The van der Waals surface area contributed by atoms with Crippen molar-refractivity contribution in [3.63, 3.8) is 0 Å². The van der Waals surface area contributed by atoms with Crippen molar-refractivity contribution < 1.29 is 47.0 Å². The fraction of sp³-hybridized carbons (Fsp3) is 0.483. The molecule has 0 saturated carbocycles. The van der Waals surface area contributed by atoms with Crippen molar-refractivity contribution >= 4 is 23.6 Å². The zero-order valence-electron chi connectivity index (χ0n) is 24.7. The summed E-state index contributed by atoms with van der Waals surface area (Å²) in [6.07, 6.45) is -2.42. The number of benzene rings is 1. The van der Waals surface area contributed by atoms with Gasteiger partial charge in [-0.25, -0.2) is 4.39 Å². The molecule has 2 heterocycles. The third-order valence-corrected chi connectivity index (χ3v) is 7.95. The van der Waals surface area contributed by atoms with Gasteiger partial charge in [-0.3, -0.25) is 19.2 Å². The van der Waals surface area contributed by atoms with Gasteiger partial charge in [0.25, 0.3) is 11.9 Å². The van der Waals surface area contributed by atoms with Crippen LogP contribution in [0.2, 0.25) is 0 Å². The van der Waals surface area contributed by atoms with Gasteiger partial charge in [-0.2, -0.15) is 18.2 Å². The third-order valence-electron chi connectivity index (χ3n) is 7.95. The number of para-hydroxylation sites is 1. The van der Waals surface area contributed by atoms with Gasteiger partial charge in [0.1, 0.15) is 17.8 Å². The van der Waals surface area contributed by atoms with Crippen molar-refractivity contribution in [3.8, 4) is 5.75 Å². The van der Waals surface area contributed by atoms with Crippen molar-refractivity contribution in [3.05, 3.63) is 58.9 Å². The van der Waals surface area contributed by atoms with Crippen LogP contribution in [-0.2, 0) is 20.8 Å². The number of phenols is 1. The van der Waals surface area contributed by atoms with E-state index in [0.717, 1.165) is 4.90 Å². The first kappa shape index (κ1) is 34.2. The average Bonchev–Trinajstić information content (AvgIpc) is 2.98. The summed E-state index contributed by atoms with van der Waals surface area (Å²) < 4.78 is 56.7. The SMILES string of the molecule is CCC(C)C1C(=O)N[C@H](C)[C@H](NC(=O)c2ccccc2O)C(=O)N[C@@H](Cc2c(F)nc(F)c(F)c2F)[C@@H](O)[C@@H](C)C(=O)N1C. The van der Waals surface area contributed by atoms with Gasteiger partial charge in [0.15, 0.2) is 5.82 Å². The zero-order valence-corrected chi connectivity index (χ0v) is 24.7. The highest BCUT2D eigenvalue weighted by Gasteiger charge is 2.42. The molecule has 5 N–H and O–H groups in total. The van der Waals surface area contributed by atoms with Crippen molar-refractivity contribution in [2.24, 2.45) is 11.8 Å². The molecular weight excluding hydrogens is 590 g/mol. The number of nitrogens with one attached hydrogen (secondary N) is 3. The zero-order chi connectivity index (χ0) is 33.0. The maximum atomic E-state index is 14.6. The van der Waals surface area contributed by atoms with E-state index < -0.39 is 107 Å². The summed E-state index contributed by atoms with van der Waals surface area (Å²) >= 11 is 0. The topological polar surface area (TPSA) is 161 Å². The Bertz CT molecular complexity index is 1430. The van der Waals surface area contributed by atoms with Crippen LogP contribution in [0.4, 0.5) is 17.6 Å². The fourth-order valence-corrected chi connectivity index (χ4v) is 5.13. The summed E-state index contributed by atoms with van der Waals surface area (Å²) in [5, 5.41) is 28.8. The van der Waals surface area contributed by atoms with E-state index in [1.165, 1.54) is 45.2 Å². The third kappa shape index (κ3) is 7.09. The number of hydrogen-bond donors (Lipinski definition) is 5. The summed E-state index contributed by atoms with van der Waals surface area (Å²) in [6, 6.07) is -0.161. The number of aromatic nitrogens is 1. The van der Waals surface area contributed by atoms with Gasteiger partial charge in [0.05, 0.1) is 29.7 Å². The van der Waals surface area contributed by atoms with Crippen LogP contribution < -0.4 is 16.0 Å². The molecule has 1 aliphatic heterocycles. The monoisotopic (exact) mass is 625 g/mol. The summed E-state index contributed by atoms with van der Waals surface area (Å²) in [6.45, 7) is 6.13. The van der Waals surface area contributed by atoms with Crippen molar-refractivity contribution in [1.82, 2.24) is 25.8 Å². The first-order valence-electron chi connectivity index (χ1n) is 13.9. The molecule has 1 aromatic heterocycles. The Balaban J connectivity index is 2.12. The second-order valence-electron chi connectivity index (χ2n) is 10.9. The van der Waals surface area contributed by atoms with E-state index in [9.17, 15) is 47.0 Å². The molecule has 240 valence electrons. The van der Waals surface area contributed by atoms with Crippen molar-refractivity contribution in [2.45, 2.75) is 70.8 Å². The van der Waals surface area contributed by atoms with Gasteiger partial charge in [-0.1, -0.05) is 39.3 Å². The number of carbonyl (C=O) groups excluding carboxylic acids is 4. The Morgan fingerprint density at radius 3 is 2.30 bits per heavy atom. The average molecular weight is 626 g/mol. The molecule has 2 unspecified atom stereocenters. The number of carbonyl (C=O) groups is 4. The van der Waals surface area contributed by atoms with E-state index in [1.54, 1.807) is 13.8 Å². The molecule has 3 rings (SSSR count). The molecule has 0 aliphatic carbocycles. The maximum Gasteiger partial charge on any atom is 0.255 e. The van der Waals surface area contributed by atoms with Crippen LogP contribution in [0.1, 0.15) is 50.0 Å². The fourth-order valence-electron chi connectivity index (χ4n) is 5.13. The molecule has 1 saturated heterocycles. The largest absolute Gasteiger partial charge is 0.507 e. The van der Waals surface area contributed by atoms with E-state index in [1.807, 2.05) is 0 Å². The van der Waals surface area contributed by atoms with E-state index in [-0.39, 0.29) is 5.56 Å². The van der Waals surface area contributed by atoms with Crippen LogP contribution in [0, 0.1) is 35.4 Å². The highest BCUT2D eigenvalue weighted by atomic mass is 19.2. The normalized spacial score (nSPS) is 25.8. The standard InChI is InChI=1S/C29H35F4N5O6/c1-6-12(2)22-28(43)34-14(4)21(36-26(41)15-9-7-8-10-18(15)39)27(42)35-17(23(40)13(3)29(44)38(22)5)11-16-19(30)20(31)25(33)37-24(16)32/h7-10,12-14,17,21-23,39-40H,6,11H2,1-5H3,(H,34,43)(H,35,42)(H,36,41)/t12?,13-,14-,17+,21+,22?,23+/m1/s1. The lowest BCUT2D eigenvalue weighted by Gasteiger charge is -2.38. The Hall–Kier alpha value is -4.27. The van der Waals surface area contributed by atoms with Gasteiger partial charge in [-0.15, -0.1) is 0 Å². The molecular formula is C29H35F4N5O6. The minimum absolute atomic E-state index is 0.213. The van der Waals surface area contributed by atoms with E-state index in [4.69, 9.17) is 0 Å². The minimum atomic E-state index is -2.08. The van der Waals surface area contributed by atoms with Crippen molar-refractivity contribution in [1.29, 1.82) is 0 Å². The van der Waals surface area contributed by atoms with Crippen LogP contribution in [0.15, 0.2) is 24.3 Å². The molecule has 0 bridgehead atoms. The molecule has 4 amide bonds. The van der Waals surface area contributed by atoms with Crippen LogP contribution in [0.25, 0.3) is 0 Å². The van der Waals surface area contributed by atoms with Gasteiger partial charge in [-0.05, 0) is 25.0 Å². The summed E-state index contributed by atoms with van der Waals surface area (Å²) in [5.74, 6) is -13.4. The lowest BCUT2D eigenvalue weighted by Crippen LogP contribution is -2.64. The molecule has 0 spiro atoms. The van der Waals surface area contributed by atoms with Crippen LogP contribution in [-0.4, -0.2) is 81.0 Å². The highest BCUT2D eigenvalue weighted by molar-refractivity contribution is 6.00. The molecule has 1 fully saturated rings. The van der Waals surface area contributed by atoms with Gasteiger partial charge >= 0.3 is 0 Å². The van der Waals surface area contributed by atoms with Gasteiger partial charge in [0, 0.05) is 19.0 Å². The van der Waals surface area contributed by atoms with E-state index >= 15 is 0 Å². The van der Waals surface area contributed by atoms with Crippen LogP contribution in [0.3, 0.4) is 0 Å². The Morgan fingerprint density at radius 2 is 1.68 bits per heavy atom. The number of aliphatic hydroxyl groups excluding tert-OH is 1. The number of hydrogen-bond acceptors (Lipinski definition) is 7. The van der Waals surface area contributed by atoms with Crippen molar-refractivity contribution in [2.75, 3.05) is 7.05 Å². The lowest BCUT2D eigenvalue weighted by atomic mass is 9.89.